The molecule has 0 atom stereocenters. The molecule has 1 saturated carbocycles. The van der Waals surface area contributed by atoms with E-state index in [1.807, 2.05) is 12.1 Å². The van der Waals surface area contributed by atoms with Crippen LogP contribution in [-0.4, -0.2) is 5.11 Å². The van der Waals surface area contributed by atoms with Gasteiger partial charge in [0.15, 0.2) is 0 Å². The van der Waals surface area contributed by atoms with E-state index >= 15 is 0 Å². The maximum Gasteiger partial charge on any atom is 0.343 e. The van der Waals surface area contributed by atoms with Gasteiger partial charge in [-0.25, -0.2) is 4.79 Å². The van der Waals surface area contributed by atoms with Crippen LogP contribution in [0.3, 0.4) is 0 Å². The quantitative estimate of drug-likeness (QED) is 0.586. The average molecular weight is 384 g/mol. The zero-order valence-corrected chi connectivity index (χ0v) is 16.3. The molecule has 3 aromatic rings. The van der Waals surface area contributed by atoms with Crippen molar-refractivity contribution in [2.24, 2.45) is 5.41 Å². The normalized spacial score (nSPS) is 15.1. The van der Waals surface area contributed by atoms with Crippen molar-refractivity contribution < 1.29 is 13.9 Å². The van der Waals surface area contributed by atoms with Gasteiger partial charge in [0.2, 0.25) is 0 Å². The molecule has 1 aliphatic rings. The largest absolute Gasteiger partial charge is 0.507 e. The molecular weight excluding hydrogens is 360 g/mol. The lowest BCUT2D eigenvalue weighted by molar-refractivity contribution is 0.376. The van der Waals surface area contributed by atoms with E-state index < -0.39 is 5.63 Å². The van der Waals surface area contributed by atoms with Gasteiger partial charge in [0, 0.05) is 28.7 Å². The molecule has 1 fully saturated rings. The number of hydrogen-bond acceptors (Lipinski definition) is 5. The standard InChI is InChI=1S/C22H24O4S/c1-2-3-17-4-5-18(27-17)11-19-20(23)10-16(26-21(19)24)13-22(7-8-22)12-15-6-9-25-14-15/h4-6,9-10,14,23H,2-3,7-8,11-13H2,1H3. The van der Waals surface area contributed by atoms with E-state index in [-0.39, 0.29) is 11.2 Å². The number of aromatic hydroxyl groups is 1. The Labute approximate surface area is 162 Å². The fourth-order valence-electron chi connectivity index (χ4n) is 3.67. The molecule has 142 valence electrons. The number of rotatable bonds is 8. The second kappa shape index (κ2) is 7.39. The minimum atomic E-state index is -0.422. The van der Waals surface area contributed by atoms with Crippen LogP contribution in [0.5, 0.6) is 5.75 Å². The molecule has 3 aromatic heterocycles. The number of furan rings is 1. The lowest BCUT2D eigenvalue weighted by Crippen LogP contribution is -2.13. The van der Waals surface area contributed by atoms with Crippen molar-refractivity contribution in [3.05, 3.63) is 73.9 Å². The molecule has 27 heavy (non-hydrogen) atoms. The summed E-state index contributed by atoms with van der Waals surface area (Å²) in [7, 11) is 0. The van der Waals surface area contributed by atoms with E-state index in [4.69, 9.17) is 8.83 Å². The molecule has 0 unspecified atom stereocenters. The molecule has 5 heteroatoms. The fraction of sp³-hybridized carbons (Fsp3) is 0.409. The first kappa shape index (κ1) is 18.1. The predicted molar refractivity (Wildman–Crippen MR) is 106 cm³/mol. The first-order valence-corrected chi connectivity index (χ1v) is 10.3. The molecule has 4 rings (SSSR count). The summed E-state index contributed by atoms with van der Waals surface area (Å²) in [6.07, 6.45) is 9.79. The Kier molecular flexibility index (Phi) is 4.96. The summed E-state index contributed by atoms with van der Waals surface area (Å²) < 4.78 is 10.7. The van der Waals surface area contributed by atoms with Gasteiger partial charge in [-0.2, -0.15) is 0 Å². The molecule has 3 heterocycles. The van der Waals surface area contributed by atoms with Crippen LogP contribution >= 0.6 is 11.3 Å². The molecule has 0 saturated heterocycles. The summed E-state index contributed by atoms with van der Waals surface area (Å²) >= 11 is 1.70. The van der Waals surface area contributed by atoms with E-state index in [1.165, 1.54) is 4.88 Å². The van der Waals surface area contributed by atoms with Crippen LogP contribution in [0, 0.1) is 5.41 Å². The molecular formula is C22H24O4S. The lowest BCUT2D eigenvalue weighted by atomic mass is 9.93. The van der Waals surface area contributed by atoms with Gasteiger partial charge >= 0.3 is 5.63 Å². The van der Waals surface area contributed by atoms with Crippen molar-refractivity contribution in [1.82, 2.24) is 0 Å². The minimum absolute atomic E-state index is 0.0470. The van der Waals surface area contributed by atoms with Gasteiger partial charge in [0.25, 0.3) is 0 Å². The van der Waals surface area contributed by atoms with Crippen LogP contribution in [0.2, 0.25) is 0 Å². The topological polar surface area (TPSA) is 63.6 Å². The predicted octanol–water partition coefficient (Wildman–Crippen LogP) is 5.11. The summed E-state index contributed by atoms with van der Waals surface area (Å²) in [5.41, 5.74) is 1.21. The van der Waals surface area contributed by atoms with Crippen LogP contribution < -0.4 is 5.63 Å². The third-order valence-corrected chi connectivity index (χ3v) is 6.45. The molecule has 1 N–H and O–H groups in total. The second-order valence-electron chi connectivity index (χ2n) is 7.64. The Morgan fingerprint density at radius 2 is 2.00 bits per heavy atom. The molecule has 0 spiro atoms. The van der Waals surface area contributed by atoms with Crippen molar-refractivity contribution in [2.45, 2.75) is 51.9 Å². The van der Waals surface area contributed by atoms with Crippen molar-refractivity contribution in [2.75, 3.05) is 0 Å². The second-order valence-corrected chi connectivity index (χ2v) is 8.90. The van der Waals surface area contributed by atoms with E-state index in [2.05, 4.69) is 13.0 Å². The number of thiophene rings is 1. The lowest BCUT2D eigenvalue weighted by Gasteiger charge is -2.13. The smallest absolute Gasteiger partial charge is 0.343 e. The summed E-state index contributed by atoms with van der Waals surface area (Å²) in [6, 6.07) is 7.74. The van der Waals surface area contributed by atoms with Gasteiger partial charge in [-0.3, -0.25) is 0 Å². The van der Waals surface area contributed by atoms with E-state index in [0.717, 1.165) is 42.5 Å². The summed E-state index contributed by atoms with van der Waals surface area (Å²) in [5, 5.41) is 10.4. The zero-order chi connectivity index (χ0) is 18.9. The highest BCUT2D eigenvalue weighted by Crippen LogP contribution is 2.51. The Hall–Kier alpha value is -2.27. The van der Waals surface area contributed by atoms with Crippen LogP contribution in [0.25, 0.3) is 0 Å². The molecule has 0 amide bonds. The van der Waals surface area contributed by atoms with Crippen LogP contribution in [-0.2, 0) is 25.7 Å². The van der Waals surface area contributed by atoms with Crippen LogP contribution in [0.4, 0.5) is 0 Å². The highest BCUT2D eigenvalue weighted by Gasteiger charge is 2.43. The molecule has 0 aromatic carbocycles. The zero-order valence-electron chi connectivity index (χ0n) is 15.5. The van der Waals surface area contributed by atoms with E-state index in [1.54, 1.807) is 29.9 Å². The SMILES string of the molecule is CCCc1ccc(Cc2c(O)cc(CC3(Cc4ccoc4)CC3)oc2=O)s1. The van der Waals surface area contributed by atoms with Gasteiger partial charge in [0.05, 0.1) is 18.1 Å². The van der Waals surface area contributed by atoms with Crippen molar-refractivity contribution in [1.29, 1.82) is 0 Å². The van der Waals surface area contributed by atoms with Crippen LogP contribution in [0.1, 0.15) is 52.8 Å². The number of hydrogen-bond donors (Lipinski definition) is 1. The monoisotopic (exact) mass is 384 g/mol. The van der Waals surface area contributed by atoms with E-state index in [9.17, 15) is 9.90 Å². The Bertz CT molecular complexity index is 961. The third-order valence-electron chi connectivity index (χ3n) is 5.31. The molecule has 0 aliphatic heterocycles. The maximum atomic E-state index is 12.5. The van der Waals surface area contributed by atoms with Gasteiger partial charge in [-0.15, -0.1) is 11.3 Å². The van der Waals surface area contributed by atoms with Crippen molar-refractivity contribution in [3.63, 3.8) is 0 Å². The van der Waals surface area contributed by atoms with Crippen LogP contribution in [0.15, 0.2) is 50.4 Å². The summed E-state index contributed by atoms with van der Waals surface area (Å²) in [4.78, 5) is 14.9. The molecule has 1 aliphatic carbocycles. The molecule has 0 radical (unpaired) electrons. The molecule has 4 nitrogen and oxygen atoms in total. The highest BCUT2D eigenvalue weighted by atomic mass is 32.1. The Morgan fingerprint density at radius 1 is 1.19 bits per heavy atom. The third kappa shape index (κ3) is 4.19. The van der Waals surface area contributed by atoms with Gasteiger partial charge < -0.3 is 13.9 Å². The Balaban J connectivity index is 1.49. The first-order chi connectivity index (χ1) is 13.1. The summed E-state index contributed by atoms with van der Waals surface area (Å²) in [6.45, 7) is 2.15. The maximum absolute atomic E-state index is 12.5. The fourth-order valence-corrected chi connectivity index (χ4v) is 4.80. The Morgan fingerprint density at radius 3 is 2.67 bits per heavy atom. The minimum Gasteiger partial charge on any atom is -0.507 e. The van der Waals surface area contributed by atoms with Crippen molar-refractivity contribution >= 4 is 11.3 Å². The first-order valence-electron chi connectivity index (χ1n) is 9.50. The summed E-state index contributed by atoms with van der Waals surface area (Å²) in [5.74, 6) is 0.617. The highest BCUT2D eigenvalue weighted by molar-refractivity contribution is 7.12. The van der Waals surface area contributed by atoms with E-state index in [0.29, 0.717) is 24.2 Å². The average Bonchev–Trinajstić information content (AvgIpc) is 3.00. The number of aryl methyl sites for hydroxylation is 1. The van der Waals surface area contributed by atoms with Gasteiger partial charge in [-0.1, -0.05) is 13.3 Å². The van der Waals surface area contributed by atoms with Gasteiger partial charge in [-0.05, 0) is 54.9 Å². The van der Waals surface area contributed by atoms with Gasteiger partial charge in [0.1, 0.15) is 11.5 Å². The van der Waals surface area contributed by atoms with Crippen molar-refractivity contribution in [3.8, 4) is 5.75 Å². The molecule has 0 bridgehead atoms.